The van der Waals surface area contributed by atoms with Crippen LogP contribution >= 0.6 is 0 Å². The molecule has 2 N–H and O–H groups in total. The lowest BCUT2D eigenvalue weighted by Crippen LogP contribution is -2.47. The van der Waals surface area contributed by atoms with Gasteiger partial charge in [0.15, 0.2) is 5.82 Å². The summed E-state index contributed by atoms with van der Waals surface area (Å²) < 4.78 is 14.4. The van der Waals surface area contributed by atoms with E-state index in [-0.39, 0.29) is 0 Å². The van der Waals surface area contributed by atoms with Crippen LogP contribution in [0.4, 0.5) is 10.2 Å². The second kappa shape index (κ2) is 6.94. The van der Waals surface area contributed by atoms with Gasteiger partial charge in [0.25, 0.3) is 0 Å². The predicted octanol–water partition coefficient (Wildman–Crippen LogP) is 2.79. The van der Waals surface area contributed by atoms with E-state index < -0.39 is 5.95 Å². The van der Waals surface area contributed by atoms with E-state index in [0.717, 1.165) is 18.7 Å². The number of nitrogens with zero attached hydrogens (tertiary/aromatic N) is 5. The molecule has 2 saturated heterocycles. The minimum absolute atomic E-state index is 0.405. The molecule has 0 radical (unpaired) electrons. The Morgan fingerprint density at radius 3 is 2.46 bits per heavy atom. The summed E-state index contributed by atoms with van der Waals surface area (Å²) >= 11 is 0. The van der Waals surface area contributed by atoms with Gasteiger partial charge in [0.2, 0.25) is 5.95 Å². The molecule has 0 aromatic carbocycles. The van der Waals surface area contributed by atoms with E-state index in [9.17, 15) is 4.39 Å². The minimum Gasteiger partial charge on any atom is -0.355 e. The predicted molar refractivity (Wildman–Crippen MR) is 104 cm³/mol. The summed E-state index contributed by atoms with van der Waals surface area (Å²) in [7, 11) is 2.08. The van der Waals surface area contributed by atoms with E-state index in [4.69, 9.17) is 0 Å². The van der Waals surface area contributed by atoms with Crippen LogP contribution in [-0.4, -0.2) is 50.6 Å². The Bertz CT molecular complexity index is 945. The zero-order valence-corrected chi connectivity index (χ0v) is 15.6. The van der Waals surface area contributed by atoms with Crippen molar-refractivity contribution in [3.05, 3.63) is 42.6 Å². The van der Waals surface area contributed by atoms with Gasteiger partial charge in [-0.2, -0.15) is 9.49 Å². The van der Waals surface area contributed by atoms with Gasteiger partial charge in [-0.25, -0.2) is 4.98 Å². The van der Waals surface area contributed by atoms with E-state index in [0.29, 0.717) is 40.6 Å². The Balaban J connectivity index is 1.34. The molecular formula is C20H22FN7. The first-order valence-corrected chi connectivity index (χ1v) is 9.66. The summed E-state index contributed by atoms with van der Waals surface area (Å²) in [4.78, 5) is 6.28. The monoisotopic (exact) mass is 379 g/mol. The van der Waals surface area contributed by atoms with E-state index in [1.54, 1.807) is 24.5 Å². The maximum absolute atomic E-state index is 14.4. The average molecular weight is 379 g/mol. The topological polar surface area (TPSA) is 82.6 Å². The molecule has 2 aliphatic rings. The van der Waals surface area contributed by atoms with Crippen molar-refractivity contribution in [2.24, 2.45) is 0 Å². The van der Waals surface area contributed by atoms with Crippen molar-refractivity contribution in [2.75, 3.05) is 11.9 Å². The van der Waals surface area contributed by atoms with Gasteiger partial charge >= 0.3 is 0 Å². The molecule has 5 heterocycles. The molecule has 2 bridgehead atoms. The SMILES string of the molecule is CN(c1ccc(-c2ccc(-c3cn[nH]c3)c(F)n2)nn1)C1C[C@H]2CC[C@@H](C1)N2. The molecule has 3 aromatic heterocycles. The van der Waals surface area contributed by atoms with Gasteiger partial charge in [0.1, 0.15) is 5.69 Å². The molecule has 7 nitrogen and oxygen atoms in total. The first-order chi connectivity index (χ1) is 13.7. The smallest absolute Gasteiger partial charge is 0.221 e. The molecule has 5 rings (SSSR count). The summed E-state index contributed by atoms with van der Waals surface area (Å²) in [5.74, 6) is 0.289. The maximum Gasteiger partial charge on any atom is 0.221 e. The number of hydrogen-bond donors (Lipinski definition) is 2. The lowest BCUT2D eigenvalue weighted by Gasteiger charge is -2.36. The van der Waals surface area contributed by atoms with Gasteiger partial charge in [-0.15, -0.1) is 10.2 Å². The van der Waals surface area contributed by atoms with Gasteiger partial charge in [0.05, 0.1) is 11.9 Å². The van der Waals surface area contributed by atoms with Crippen LogP contribution in [0.1, 0.15) is 25.7 Å². The molecule has 0 aliphatic carbocycles. The van der Waals surface area contributed by atoms with E-state index in [2.05, 4.69) is 42.6 Å². The molecule has 28 heavy (non-hydrogen) atoms. The first kappa shape index (κ1) is 17.2. The third kappa shape index (κ3) is 3.13. The van der Waals surface area contributed by atoms with Gasteiger partial charge in [-0.05, 0) is 49.9 Å². The zero-order chi connectivity index (χ0) is 19.1. The molecule has 2 aliphatic heterocycles. The summed E-state index contributed by atoms with van der Waals surface area (Å²) in [5, 5.41) is 18.9. The number of rotatable bonds is 4. The molecule has 3 aromatic rings. The molecule has 2 fully saturated rings. The summed E-state index contributed by atoms with van der Waals surface area (Å²) in [6, 6.07) is 8.96. The van der Waals surface area contributed by atoms with Crippen molar-refractivity contribution < 1.29 is 4.39 Å². The number of halogens is 1. The van der Waals surface area contributed by atoms with Crippen molar-refractivity contribution in [1.29, 1.82) is 0 Å². The quantitative estimate of drug-likeness (QED) is 0.679. The summed E-state index contributed by atoms with van der Waals surface area (Å²) in [5.41, 5.74) is 2.09. The molecule has 1 unspecified atom stereocenters. The fraction of sp³-hybridized carbons (Fsp3) is 0.400. The van der Waals surface area contributed by atoms with Crippen molar-refractivity contribution in [1.82, 2.24) is 30.7 Å². The number of hydrogen-bond acceptors (Lipinski definition) is 6. The summed E-state index contributed by atoms with van der Waals surface area (Å²) in [6.45, 7) is 0. The zero-order valence-electron chi connectivity index (χ0n) is 15.6. The molecule has 3 atom stereocenters. The Labute approximate surface area is 162 Å². The lowest BCUT2D eigenvalue weighted by molar-refractivity contribution is 0.353. The van der Waals surface area contributed by atoms with Gasteiger partial charge in [-0.3, -0.25) is 5.10 Å². The van der Waals surface area contributed by atoms with E-state index in [1.807, 2.05) is 12.1 Å². The Morgan fingerprint density at radius 1 is 1.04 bits per heavy atom. The highest BCUT2D eigenvalue weighted by atomic mass is 19.1. The number of H-pyrrole nitrogens is 1. The highest BCUT2D eigenvalue weighted by Crippen LogP contribution is 2.31. The highest BCUT2D eigenvalue weighted by Gasteiger charge is 2.35. The molecule has 0 saturated carbocycles. The lowest BCUT2D eigenvalue weighted by atomic mass is 9.98. The second-order valence-electron chi connectivity index (χ2n) is 7.67. The van der Waals surface area contributed by atoms with Crippen LogP contribution in [0.3, 0.4) is 0 Å². The number of anilines is 1. The maximum atomic E-state index is 14.4. The second-order valence-corrected chi connectivity index (χ2v) is 7.67. The van der Waals surface area contributed by atoms with Crippen molar-refractivity contribution in [2.45, 2.75) is 43.8 Å². The van der Waals surface area contributed by atoms with Gasteiger partial charge < -0.3 is 10.2 Å². The number of aromatic amines is 1. The molecule has 0 amide bonds. The van der Waals surface area contributed by atoms with E-state index in [1.165, 1.54) is 12.8 Å². The fourth-order valence-electron chi connectivity index (χ4n) is 4.37. The number of piperidine rings is 1. The van der Waals surface area contributed by atoms with Crippen LogP contribution in [0.5, 0.6) is 0 Å². The molecule has 0 spiro atoms. The van der Waals surface area contributed by atoms with Crippen molar-refractivity contribution >= 4 is 5.82 Å². The summed E-state index contributed by atoms with van der Waals surface area (Å²) in [6.07, 6.45) is 8.02. The van der Waals surface area contributed by atoms with Gasteiger partial charge in [0, 0.05) is 42.5 Å². The number of pyridine rings is 1. The van der Waals surface area contributed by atoms with Crippen LogP contribution in [0.25, 0.3) is 22.5 Å². The van der Waals surface area contributed by atoms with E-state index >= 15 is 0 Å². The van der Waals surface area contributed by atoms with Crippen molar-refractivity contribution in [3.8, 4) is 22.5 Å². The fourth-order valence-corrected chi connectivity index (χ4v) is 4.37. The molecular weight excluding hydrogens is 357 g/mol. The van der Waals surface area contributed by atoms with Crippen LogP contribution in [0, 0.1) is 5.95 Å². The third-order valence-corrected chi connectivity index (χ3v) is 5.93. The number of aromatic nitrogens is 5. The molecule has 144 valence electrons. The average Bonchev–Trinajstić information content (AvgIpc) is 3.37. The van der Waals surface area contributed by atoms with Gasteiger partial charge in [-0.1, -0.05) is 0 Å². The largest absolute Gasteiger partial charge is 0.355 e. The number of nitrogens with one attached hydrogen (secondary N) is 2. The first-order valence-electron chi connectivity index (χ1n) is 9.66. The normalized spacial score (nSPS) is 23.7. The number of fused-ring (bicyclic) bond motifs is 2. The van der Waals surface area contributed by atoms with Crippen LogP contribution in [0.2, 0.25) is 0 Å². The third-order valence-electron chi connectivity index (χ3n) is 5.93. The highest BCUT2D eigenvalue weighted by molar-refractivity contribution is 5.65. The molecule has 8 heteroatoms. The Kier molecular flexibility index (Phi) is 4.27. The van der Waals surface area contributed by atoms with Crippen LogP contribution in [-0.2, 0) is 0 Å². The van der Waals surface area contributed by atoms with Crippen molar-refractivity contribution in [3.63, 3.8) is 0 Å². The van der Waals surface area contributed by atoms with Crippen LogP contribution in [0.15, 0.2) is 36.7 Å². The van der Waals surface area contributed by atoms with Crippen LogP contribution < -0.4 is 10.2 Å². The standard InChI is InChI=1S/C20H22FN7/c1-28(15-8-13-2-3-14(9-15)24-13)19-7-6-18(26-27-19)17-5-4-16(20(21)25-17)12-10-22-23-11-12/h4-7,10-11,13-15,24H,2-3,8-9H2,1H3,(H,22,23)/t13-,14+,15?. The minimum atomic E-state index is -0.549. The Hall–Kier alpha value is -2.87. The Morgan fingerprint density at radius 2 is 1.82 bits per heavy atom.